The summed E-state index contributed by atoms with van der Waals surface area (Å²) in [5.74, 6) is 5.10. The van der Waals surface area contributed by atoms with Gasteiger partial charge in [0, 0.05) is 37.5 Å². The molecular weight excluding hydrogens is 905 g/mol. The zero-order valence-corrected chi connectivity index (χ0v) is 45.3. The number of carbonyl (C=O) groups is 1. The monoisotopic (exact) mass is 979 g/mol. The minimum absolute atomic E-state index is 0.128. The number of rotatable bonds is 3. The van der Waals surface area contributed by atoms with E-state index < -0.39 is 0 Å². The van der Waals surface area contributed by atoms with Crippen LogP contribution in [0.4, 0.5) is 0 Å². The number of para-hydroxylation sites is 1. The number of ketones is 1. The highest BCUT2D eigenvalue weighted by molar-refractivity contribution is 7.11. The predicted octanol–water partition coefficient (Wildman–Crippen LogP) is 17.9. The normalized spacial score (nSPS) is 9.63. The minimum Gasteiger partial charge on any atom is -0.467 e. The first-order valence-electron chi connectivity index (χ1n) is 23.2. The van der Waals surface area contributed by atoms with Gasteiger partial charge < -0.3 is 23.2 Å². The fraction of sp³-hybridized carbons (Fsp3) is 0.250. The molecule has 70 heavy (non-hydrogen) atoms. The lowest BCUT2D eigenvalue weighted by Crippen LogP contribution is -1.90. The summed E-state index contributed by atoms with van der Waals surface area (Å²) in [5.41, 5.74) is 7.70. The third-order valence-corrected chi connectivity index (χ3v) is 11.1. The Labute approximate surface area is 425 Å². The average molecular weight is 979 g/mol. The van der Waals surface area contributed by atoms with Crippen molar-refractivity contribution in [2.75, 3.05) is 0 Å². The Kier molecular flexibility index (Phi) is 29.0. The zero-order valence-electron chi connectivity index (χ0n) is 43.7. The molecule has 7 heterocycles. The van der Waals surface area contributed by atoms with Crippen LogP contribution in [0.15, 0.2) is 177 Å². The van der Waals surface area contributed by atoms with Gasteiger partial charge in [0.1, 0.15) is 34.4 Å². The van der Waals surface area contributed by atoms with Crippen molar-refractivity contribution in [3.8, 4) is 0 Å². The Morgan fingerprint density at radius 3 is 1.57 bits per heavy atom. The number of aryl methyl sites for hydroxylation is 12. The molecule has 3 aromatic carbocycles. The Morgan fingerprint density at radius 1 is 0.600 bits per heavy atom. The molecule has 8 nitrogen and oxygen atoms in total. The molecule has 0 atom stereocenters. The quantitative estimate of drug-likeness (QED) is 0.171. The number of H-pyrrole nitrogens is 2. The van der Waals surface area contributed by atoms with E-state index in [0.29, 0.717) is 0 Å². The fourth-order valence-corrected chi connectivity index (χ4v) is 7.10. The maximum absolute atomic E-state index is 10.8. The highest BCUT2D eigenvalue weighted by Crippen LogP contribution is 2.17. The van der Waals surface area contributed by atoms with Crippen LogP contribution >= 0.6 is 22.7 Å². The number of carbonyl (C=O) groups excluding carboxylic acids is 1. The second-order valence-corrected chi connectivity index (χ2v) is 18.7. The number of aromatic amines is 2. The SMILES string of the molecule is C/C=C/c1cnc[nH]1.CC(=O)c1cccc(C)c1.CCc1ccccc1.Cc1cc(C)c(C)o1.Cc1cc2ccccc2o1.Cc1ccc(C)o1.Cc1ccc(C)s1.Cc1cccs1.Cc1cnc[nH]1. The number of hydrogen-bond donors (Lipinski definition) is 2. The van der Waals surface area contributed by atoms with Gasteiger partial charge in [-0.25, -0.2) is 9.97 Å². The van der Waals surface area contributed by atoms with Crippen molar-refractivity contribution in [2.45, 2.75) is 103 Å². The van der Waals surface area contributed by atoms with Crippen molar-refractivity contribution in [3.05, 3.63) is 241 Å². The van der Waals surface area contributed by atoms with Gasteiger partial charge in [0.25, 0.3) is 0 Å². The van der Waals surface area contributed by atoms with Crippen LogP contribution in [-0.4, -0.2) is 25.7 Å². The van der Waals surface area contributed by atoms with E-state index >= 15 is 0 Å². The Bertz CT molecular complexity index is 2700. The molecule has 0 unspecified atom stereocenters. The lowest BCUT2D eigenvalue weighted by molar-refractivity contribution is 0.101. The molecule has 7 aromatic heterocycles. The summed E-state index contributed by atoms with van der Waals surface area (Å²) in [4.78, 5) is 28.4. The largest absolute Gasteiger partial charge is 0.467 e. The van der Waals surface area contributed by atoms with Crippen LogP contribution in [0.3, 0.4) is 0 Å². The molecule has 0 saturated carbocycles. The standard InChI is InChI=1S/C9H8O.C9H10O.C8H10.C7H10O.C6H8N2.C6H8O.C6H8S.C5H6S.C4H6N2/c1-7-6-8-4-2-3-5-9(8)10-7;1-7-4-3-5-9(6-7)8(2)10;1-2-8-6-4-3-5-7-8;1-5-4-6(2)8-7(5)3;1-2-3-6-4-7-5-8-6;2*1-5-3-4-6(2)7-5;1-5-3-2-4-6-5;1-4-2-5-3-6-4/h2-6H,1H3;3-6H,1-2H3;3-7H,2H2,1H3;4H,1-3H3;2-5H,1H3,(H,7,8);2*3-4H,1-2H3;2-4H,1H3;2-3H,1H3,(H,5,6)/b;;;;3-2+;;;;. The van der Waals surface area contributed by atoms with Crippen molar-refractivity contribution in [1.82, 2.24) is 19.9 Å². The van der Waals surface area contributed by atoms with E-state index in [2.05, 4.69) is 102 Å². The number of furan rings is 3. The third-order valence-electron chi connectivity index (χ3n) is 9.43. The average Bonchev–Trinajstić information content (AvgIpc) is 4.23. The number of benzene rings is 3. The second-order valence-electron chi connectivity index (χ2n) is 16.0. The van der Waals surface area contributed by atoms with E-state index in [-0.39, 0.29) is 5.78 Å². The lowest BCUT2D eigenvalue weighted by atomic mass is 10.1. The number of imidazole rings is 2. The van der Waals surface area contributed by atoms with E-state index in [1.54, 1.807) is 43.3 Å². The van der Waals surface area contributed by atoms with Gasteiger partial charge in [-0.2, -0.15) is 0 Å². The molecule has 10 aromatic rings. The molecule has 0 bridgehead atoms. The van der Waals surface area contributed by atoms with E-state index in [1.165, 1.54) is 31.1 Å². The number of hydrogen-bond acceptors (Lipinski definition) is 8. The van der Waals surface area contributed by atoms with Gasteiger partial charge in [-0.05, 0) is 174 Å². The topological polar surface area (TPSA) is 114 Å². The van der Waals surface area contributed by atoms with Crippen LogP contribution in [0.1, 0.15) is 103 Å². The molecule has 0 aliphatic heterocycles. The van der Waals surface area contributed by atoms with Gasteiger partial charge in [0.15, 0.2) is 5.78 Å². The molecule has 0 radical (unpaired) electrons. The zero-order chi connectivity index (χ0) is 51.7. The van der Waals surface area contributed by atoms with Crippen LogP contribution < -0.4 is 0 Å². The fourth-order valence-electron chi connectivity index (χ4n) is 5.79. The molecule has 0 fully saturated rings. The summed E-state index contributed by atoms with van der Waals surface area (Å²) < 4.78 is 15.7. The van der Waals surface area contributed by atoms with Crippen molar-refractivity contribution in [1.29, 1.82) is 0 Å². The van der Waals surface area contributed by atoms with Gasteiger partial charge >= 0.3 is 0 Å². The minimum atomic E-state index is 0.128. The first-order chi connectivity index (χ1) is 33.5. The summed E-state index contributed by atoms with van der Waals surface area (Å²) in [6.07, 6.45) is 12.0. The summed E-state index contributed by atoms with van der Waals surface area (Å²) >= 11 is 3.62. The maximum Gasteiger partial charge on any atom is 0.159 e. The number of nitrogens with zero attached hydrogens (tertiary/aromatic N) is 2. The highest BCUT2D eigenvalue weighted by atomic mass is 32.1. The van der Waals surface area contributed by atoms with Crippen LogP contribution in [-0.2, 0) is 6.42 Å². The van der Waals surface area contributed by atoms with E-state index in [9.17, 15) is 4.79 Å². The smallest absolute Gasteiger partial charge is 0.159 e. The van der Waals surface area contributed by atoms with Crippen LogP contribution in [0.5, 0.6) is 0 Å². The third kappa shape index (κ3) is 27.1. The number of nitrogens with one attached hydrogen (secondary N) is 2. The molecule has 0 saturated heterocycles. The molecular formula is C60H74N4O4S2. The highest BCUT2D eigenvalue weighted by Gasteiger charge is 1.97. The Hall–Kier alpha value is -7.01. The van der Waals surface area contributed by atoms with Gasteiger partial charge in [0.2, 0.25) is 0 Å². The number of Topliss-reactive ketones (excluding diaryl/α,β-unsaturated/α-hetero) is 1. The van der Waals surface area contributed by atoms with Crippen LogP contribution in [0.2, 0.25) is 0 Å². The maximum atomic E-state index is 10.8. The number of fused-ring (bicyclic) bond motifs is 1. The molecule has 0 aliphatic rings. The van der Waals surface area contributed by atoms with Crippen LogP contribution in [0.25, 0.3) is 17.0 Å². The Morgan fingerprint density at radius 2 is 1.23 bits per heavy atom. The number of allylic oxidation sites excluding steroid dienone is 1. The molecule has 0 spiro atoms. The van der Waals surface area contributed by atoms with Crippen molar-refractivity contribution in [3.63, 3.8) is 0 Å². The summed E-state index contributed by atoms with van der Waals surface area (Å²) in [6, 6.07) is 42.5. The molecule has 0 amide bonds. The van der Waals surface area contributed by atoms with Gasteiger partial charge in [-0.3, -0.25) is 4.79 Å². The molecule has 10 heteroatoms. The van der Waals surface area contributed by atoms with Crippen molar-refractivity contribution < 1.29 is 18.0 Å². The second kappa shape index (κ2) is 34.3. The van der Waals surface area contributed by atoms with Crippen LogP contribution in [0, 0.1) is 76.2 Å². The summed E-state index contributed by atoms with van der Waals surface area (Å²) in [6.45, 7) is 27.8. The first-order valence-corrected chi connectivity index (χ1v) is 24.9. The number of aromatic nitrogens is 4. The van der Waals surface area contributed by atoms with Crippen molar-refractivity contribution >= 4 is 45.5 Å². The van der Waals surface area contributed by atoms with E-state index in [1.807, 2.05) is 165 Å². The first kappa shape index (κ1) is 59.1. The van der Waals surface area contributed by atoms with Gasteiger partial charge in [0.05, 0.1) is 24.5 Å². The van der Waals surface area contributed by atoms with E-state index in [0.717, 1.165) is 63.3 Å². The van der Waals surface area contributed by atoms with Crippen molar-refractivity contribution in [2.24, 2.45) is 0 Å². The molecule has 10 rings (SSSR count). The molecule has 2 N–H and O–H groups in total. The van der Waals surface area contributed by atoms with Gasteiger partial charge in [-0.15, -0.1) is 22.7 Å². The summed E-state index contributed by atoms with van der Waals surface area (Å²) in [7, 11) is 0. The molecule has 0 aliphatic carbocycles. The Balaban J connectivity index is 0.000000271. The predicted molar refractivity (Wildman–Crippen MR) is 299 cm³/mol. The van der Waals surface area contributed by atoms with E-state index in [4.69, 9.17) is 13.3 Å². The lowest BCUT2D eigenvalue weighted by Gasteiger charge is -1.94. The summed E-state index contributed by atoms with van der Waals surface area (Å²) in [5, 5.41) is 3.26. The van der Waals surface area contributed by atoms with Gasteiger partial charge in [-0.1, -0.05) is 91.4 Å². The molecule has 370 valence electrons. The number of thiophene rings is 2.